The number of anilines is 3. The monoisotopic (exact) mass is 745 g/mol. The predicted octanol–water partition coefficient (Wildman–Crippen LogP) is 11.8. The molecule has 57 heavy (non-hydrogen) atoms. The van der Waals surface area contributed by atoms with Crippen molar-refractivity contribution in [1.29, 1.82) is 0 Å². The lowest BCUT2D eigenvalue weighted by atomic mass is 9.98. The number of hydrogen-bond donors (Lipinski definition) is 0. The van der Waals surface area contributed by atoms with E-state index in [1.807, 2.05) is 0 Å². The number of hydrogen-bond acceptors (Lipinski definition) is 2. The number of furan rings is 1. The first-order valence-electron chi connectivity index (χ1n) is 19.5. The lowest BCUT2D eigenvalue weighted by molar-refractivity contribution is 0.669. The van der Waals surface area contributed by atoms with Crippen molar-refractivity contribution in [2.75, 3.05) is 4.90 Å². The molecule has 9 aromatic carbocycles. The molecule has 0 saturated heterocycles. The Morgan fingerprint density at radius 1 is 0.316 bits per heavy atom. The molecule has 3 heteroatoms. The molecule has 0 atom stereocenters. The smallest absolute Gasteiger partial charge is 0.179 e. The van der Waals surface area contributed by atoms with Gasteiger partial charge in [-0.25, -0.2) is 0 Å². The number of benzene rings is 9. The maximum Gasteiger partial charge on any atom is 0.179 e. The first-order chi connectivity index (χ1) is 28.3. The second-order valence-electron chi connectivity index (χ2n) is 14.4. The molecule has 0 aliphatic rings. The van der Waals surface area contributed by atoms with Gasteiger partial charge in [0.15, 0.2) is 8.07 Å². The van der Waals surface area contributed by atoms with E-state index in [9.17, 15) is 0 Å². The molecule has 0 unspecified atom stereocenters. The Kier molecular flexibility index (Phi) is 8.90. The third kappa shape index (κ3) is 6.06. The van der Waals surface area contributed by atoms with E-state index < -0.39 is 8.07 Å². The Balaban J connectivity index is 1.12. The molecule has 0 N–H and O–H groups in total. The highest BCUT2D eigenvalue weighted by molar-refractivity contribution is 7.19. The van der Waals surface area contributed by atoms with Gasteiger partial charge < -0.3 is 9.32 Å². The molecule has 1 aromatic heterocycles. The van der Waals surface area contributed by atoms with Crippen LogP contribution in [0, 0.1) is 0 Å². The van der Waals surface area contributed by atoms with Crippen molar-refractivity contribution in [3.8, 4) is 22.3 Å². The van der Waals surface area contributed by atoms with Crippen LogP contribution in [0.1, 0.15) is 0 Å². The molecule has 0 amide bonds. The van der Waals surface area contributed by atoms with Crippen molar-refractivity contribution < 1.29 is 4.42 Å². The normalized spacial score (nSPS) is 11.5. The Morgan fingerprint density at radius 3 is 1.37 bits per heavy atom. The lowest BCUT2D eigenvalue weighted by Gasteiger charge is -2.34. The van der Waals surface area contributed by atoms with Gasteiger partial charge >= 0.3 is 0 Å². The van der Waals surface area contributed by atoms with Crippen LogP contribution < -0.4 is 25.6 Å². The van der Waals surface area contributed by atoms with E-state index in [4.69, 9.17) is 4.42 Å². The van der Waals surface area contributed by atoms with Gasteiger partial charge in [0, 0.05) is 16.8 Å². The molecule has 0 spiro atoms. The molecular formula is C54H39NOSi. The van der Waals surface area contributed by atoms with E-state index >= 15 is 0 Å². The van der Waals surface area contributed by atoms with Crippen LogP contribution in [0.15, 0.2) is 241 Å². The second-order valence-corrected chi connectivity index (χ2v) is 18.3. The molecule has 270 valence electrons. The van der Waals surface area contributed by atoms with Crippen molar-refractivity contribution in [3.63, 3.8) is 0 Å². The first-order valence-corrected chi connectivity index (χ1v) is 21.5. The van der Waals surface area contributed by atoms with Crippen LogP contribution in [-0.2, 0) is 0 Å². The van der Waals surface area contributed by atoms with Crippen LogP contribution >= 0.6 is 0 Å². The Morgan fingerprint density at radius 2 is 0.772 bits per heavy atom. The Labute approximate surface area is 334 Å². The predicted molar refractivity (Wildman–Crippen MR) is 243 cm³/mol. The third-order valence-electron chi connectivity index (χ3n) is 11.2. The maximum absolute atomic E-state index is 6.57. The minimum absolute atomic E-state index is 0.864. The summed E-state index contributed by atoms with van der Waals surface area (Å²) in [5.41, 5.74) is 9.65. The summed E-state index contributed by atoms with van der Waals surface area (Å²) in [4.78, 5) is 2.36. The minimum atomic E-state index is -2.67. The molecule has 10 aromatic rings. The van der Waals surface area contributed by atoms with Crippen LogP contribution in [0.25, 0.3) is 44.2 Å². The van der Waals surface area contributed by atoms with Gasteiger partial charge in [-0.2, -0.15) is 0 Å². The Hall–Kier alpha value is -7.20. The SMILES string of the molecule is c1ccc(-c2cccc3oc4cccc(N(c5ccccc5)c5ccc(-c6cccc([Si](c7ccccc7)(c7ccccc7)c7ccccc7)c6)cc5)c4c23)cc1. The molecule has 0 saturated carbocycles. The number of fused-ring (bicyclic) bond motifs is 3. The van der Waals surface area contributed by atoms with Crippen LogP contribution in [-0.4, -0.2) is 8.07 Å². The quantitative estimate of drug-likeness (QED) is 0.108. The zero-order chi connectivity index (χ0) is 38.0. The van der Waals surface area contributed by atoms with Gasteiger partial charge in [-0.3, -0.25) is 0 Å². The summed E-state index contributed by atoms with van der Waals surface area (Å²) < 4.78 is 6.57. The van der Waals surface area contributed by atoms with E-state index in [0.717, 1.165) is 50.1 Å². The summed E-state index contributed by atoms with van der Waals surface area (Å²) in [7, 11) is -2.67. The average molecular weight is 746 g/mol. The first kappa shape index (κ1) is 34.3. The van der Waals surface area contributed by atoms with Gasteiger partial charge in [-0.1, -0.05) is 194 Å². The van der Waals surface area contributed by atoms with Crippen molar-refractivity contribution in [2.45, 2.75) is 0 Å². The van der Waals surface area contributed by atoms with Crippen LogP contribution in [0.4, 0.5) is 17.1 Å². The largest absolute Gasteiger partial charge is 0.456 e. The molecule has 0 fully saturated rings. The maximum atomic E-state index is 6.57. The van der Waals surface area contributed by atoms with Crippen molar-refractivity contribution in [2.24, 2.45) is 0 Å². The average Bonchev–Trinajstić information content (AvgIpc) is 3.69. The molecule has 0 aliphatic heterocycles. The Bertz CT molecular complexity index is 2830. The van der Waals surface area contributed by atoms with E-state index in [1.54, 1.807) is 0 Å². The van der Waals surface area contributed by atoms with Crippen molar-refractivity contribution >= 4 is 67.8 Å². The van der Waals surface area contributed by atoms with Gasteiger partial charge in [0.1, 0.15) is 11.2 Å². The van der Waals surface area contributed by atoms with Gasteiger partial charge in [0.25, 0.3) is 0 Å². The van der Waals surface area contributed by atoms with E-state index in [-0.39, 0.29) is 0 Å². The molecule has 0 aliphatic carbocycles. The molecular weight excluding hydrogens is 707 g/mol. The number of rotatable bonds is 9. The van der Waals surface area contributed by atoms with E-state index in [2.05, 4.69) is 241 Å². The number of para-hydroxylation sites is 1. The fourth-order valence-electron chi connectivity index (χ4n) is 8.70. The molecule has 2 nitrogen and oxygen atoms in total. The summed E-state index contributed by atoms with van der Waals surface area (Å²) in [5, 5.41) is 7.66. The topological polar surface area (TPSA) is 16.4 Å². The lowest BCUT2D eigenvalue weighted by Crippen LogP contribution is -2.74. The third-order valence-corrected chi connectivity index (χ3v) is 16.0. The van der Waals surface area contributed by atoms with Crippen molar-refractivity contribution in [1.82, 2.24) is 0 Å². The fraction of sp³-hybridized carbons (Fsp3) is 0. The molecule has 1 heterocycles. The van der Waals surface area contributed by atoms with Gasteiger partial charge in [0.05, 0.1) is 11.1 Å². The second kappa shape index (κ2) is 14.8. The molecule has 10 rings (SSSR count). The van der Waals surface area contributed by atoms with E-state index in [1.165, 1.54) is 31.9 Å². The molecule has 0 bridgehead atoms. The highest BCUT2D eigenvalue weighted by atomic mass is 28.3. The summed E-state index contributed by atoms with van der Waals surface area (Å²) >= 11 is 0. The zero-order valence-electron chi connectivity index (χ0n) is 31.4. The van der Waals surface area contributed by atoms with E-state index in [0.29, 0.717) is 0 Å². The summed E-state index contributed by atoms with van der Waals surface area (Å²) in [6.07, 6.45) is 0. The summed E-state index contributed by atoms with van der Waals surface area (Å²) in [6, 6.07) is 85.6. The highest BCUT2D eigenvalue weighted by Gasteiger charge is 2.41. The fourth-order valence-corrected chi connectivity index (χ4v) is 13.5. The highest BCUT2D eigenvalue weighted by Crippen LogP contribution is 2.45. The van der Waals surface area contributed by atoms with Crippen LogP contribution in [0.5, 0.6) is 0 Å². The number of nitrogens with zero attached hydrogens (tertiary/aromatic N) is 1. The van der Waals surface area contributed by atoms with Crippen molar-refractivity contribution in [3.05, 3.63) is 237 Å². The summed E-state index contributed by atoms with van der Waals surface area (Å²) in [5.74, 6) is 0. The van der Waals surface area contributed by atoms with Crippen LogP contribution in [0.2, 0.25) is 0 Å². The minimum Gasteiger partial charge on any atom is -0.456 e. The van der Waals surface area contributed by atoms with Crippen LogP contribution in [0.3, 0.4) is 0 Å². The van der Waals surface area contributed by atoms with Gasteiger partial charge in [0.2, 0.25) is 0 Å². The zero-order valence-corrected chi connectivity index (χ0v) is 32.4. The summed E-state index contributed by atoms with van der Waals surface area (Å²) in [6.45, 7) is 0. The standard InChI is InChI=1S/C54H39NOSi/c1-6-19-41(20-7-1)49-31-17-33-51-53(49)54-50(32-18-34-52(54)56-51)55(43-22-8-2-9-23-43)44-37-35-40(36-38-44)42-21-16-30-48(39-42)57(45-24-10-3-11-25-45,46-26-12-4-13-27-46)47-28-14-5-15-29-47/h1-39H. The van der Waals surface area contributed by atoms with Gasteiger partial charge in [-0.05, 0) is 85.5 Å². The van der Waals surface area contributed by atoms with Gasteiger partial charge in [-0.15, -0.1) is 0 Å². The molecule has 0 radical (unpaired) electrons.